The van der Waals surface area contributed by atoms with Crippen molar-refractivity contribution in [1.29, 1.82) is 0 Å². The topological polar surface area (TPSA) is 44.3 Å². The summed E-state index contributed by atoms with van der Waals surface area (Å²) in [6, 6.07) is 6.90. The van der Waals surface area contributed by atoms with Crippen LogP contribution in [0.15, 0.2) is 18.2 Å². The summed E-state index contributed by atoms with van der Waals surface area (Å²) in [5.41, 5.74) is 2.64. The van der Waals surface area contributed by atoms with Gasteiger partial charge in [0.05, 0.1) is 0 Å². The predicted octanol–water partition coefficient (Wildman–Crippen LogP) is 1.33. The molecule has 0 aromatic heterocycles. The van der Waals surface area contributed by atoms with Crippen molar-refractivity contribution in [3.05, 3.63) is 29.3 Å². The van der Waals surface area contributed by atoms with Crippen molar-refractivity contribution in [2.75, 3.05) is 13.1 Å². The number of benzene rings is 1. The fourth-order valence-electron chi connectivity index (χ4n) is 2.39. The van der Waals surface area contributed by atoms with Gasteiger partial charge < -0.3 is 15.7 Å². The van der Waals surface area contributed by atoms with E-state index in [0.29, 0.717) is 11.8 Å². The number of aromatic hydroxyl groups is 1. The molecular formula is C13H18N2O. The number of phenolic OH excluding ortho intramolecular Hbond substituents is 1. The molecule has 1 aliphatic heterocycles. The monoisotopic (exact) mass is 218 g/mol. The lowest BCUT2D eigenvalue weighted by Crippen LogP contribution is -2.37. The van der Waals surface area contributed by atoms with Gasteiger partial charge in [-0.25, -0.2) is 0 Å². The molecule has 0 bridgehead atoms. The second kappa shape index (κ2) is 4.07. The van der Waals surface area contributed by atoms with E-state index in [-0.39, 0.29) is 0 Å². The molecule has 0 saturated heterocycles. The predicted molar refractivity (Wildman–Crippen MR) is 63.6 cm³/mol. The summed E-state index contributed by atoms with van der Waals surface area (Å²) in [6.07, 6.45) is 3.67. The normalized spacial score (nSPS) is 24.1. The van der Waals surface area contributed by atoms with E-state index in [4.69, 9.17) is 0 Å². The first-order valence-corrected chi connectivity index (χ1v) is 6.11. The minimum absolute atomic E-state index is 0.384. The van der Waals surface area contributed by atoms with Gasteiger partial charge in [0.15, 0.2) is 0 Å². The number of fused-ring (bicyclic) bond motifs is 1. The molecule has 3 nitrogen and oxygen atoms in total. The lowest BCUT2D eigenvalue weighted by atomic mass is 9.94. The first-order chi connectivity index (χ1) is 7.83. The Balaban J connectivity index is 1.76. The molecule has 1 aliphatic carbocycles. The Labute approximate surface area is 95.9 Å². The molecule has 3 rings (SSSR count). The molecule has 1 heterocycles. The van der Waals surface area contributed by atoms with Crippen LogP contribution in [0.4, 0.5) is 0 Å². The first kappa shape index (κ1) is 10.1. The third-order valence-electron chi connectivity index (χ3n) is 3.48. The molecule has 16 heavy (non-hydrogen) atoms. The van der Waals surface area contributed by atoms with Crippen molar-refractivity contribution in [3.8, 4) is 5.75 Å². The van der Waals surface area contributed by atoms with Crippen LogP contribution in [0.5, 0.6) is 5.75 Å². The summed E-state index contributed by atoms with van der Waals surface area (Å²) >= 11 is 0. The molecule has 1 unspecified atom stereocenters. The summed E-state index contributed by atoms with van der Waals surface area (Å²) in [4.78, 5) is 0. The van der Waals surface area contributed by atoms with Gasteiger partial charge in [0.25, 0.3) is 0 Å². The molecular weight excluding hydrogens is 200 g/mol. The van der Waals surface area contributed by atoms with Crippen LogP contribution in [0.2, 0.25) is 0 Å². The van der Waals surface area contributed by atoms with Crippen LogP contribution in [-0.2, 0) is 6.42 Å². The molecule has 3 N–H and O–H groups in total. The van der Waals surface area contributed by atoms with Crippen molar-refractivity contribution in [2.45, 2.75) is 31.3 Å². The zero-order valence-electron chi connectivity index (χ0n) is 9.37. The molecule has 1 saturated carbocycles. The van der Waals surface area contributed by atoms with Crippen LogP contribution < -0.4 is 10.6 Å². The van der Waals surface area contributed by atoms with Gasteiger partial charge in [-0.05, 0) is 49.1 Å². The van der Waals surface area contributed by atoms with Gasteiger partial charge in [-0.1, -0.05) is 6.07 Å². The molecule has 1 aromatic carbocycles. The average molecular weight is 218 g/mol. The Bertz CT molecular complexity index is 388. The van der Waals surface area contributed by atoms with Crippen molar-refractivity contribution in [2.24, 2.45) is 0 Å². The SMILES string of the molecule is Oc1ccc2c(c1)CCNC2CNC1CC1. The fourth-order valence-corrected chi connectivity index (χ4v) is 2.39. The van der Waals surface area contributed by atoms with Crippen molar-refractivity contribution in [3.63, 3.8) is 0 Å². The van der Waals surface area contributed by atoms with Crippen LogP contribution in [-0.4, -0.2) is 24.2 Å². The molecule has 0 radical (unpaired) electrons. The molecule has 3 heteroatoms. The Morgan fingerprint density at radius 3 is 3.06 bits per heavy atom. The van der Waals surface area contributed by atoms with E-state index in [2.05, 4.69) is 16.7 Å². The highest BCUT2D eigenvalue weighted by atomic mass is 16.3. The Hall–Kier alpha value is -1.06. The highest BCUT2D eigenvalue weighted by Crippen LogP contribution is 2.27. The van der Waals surface area contributed by atoms with Gasteiger partial charge in [-0.3, -0.25) is 0 Å². The van der Waals surface area contributed by atoms with Crippen LogP contribution in [0.3, 0.4) is 0 Å². The van der Waals surface area contributed by atoms with E-state index in [1.54, 1.807) is 6.07 Å². The molecule has 1 atom stereocenters. The second-order valence-electron chi connectivity index (χ2n) is 4.82. The lowest BCUT2D eigenvalue weighted by Gasteiger charge is -2.27. The minimum Gasteiger partial charge on any atom is -0.508 e. The fraction of sp³-hybridized carbons (Fsp3) is 0.538. The maximum atomic E-state index is 9.47. The maximum absolute atomic E-state index is 9.47. The molecule has 86 valence electrons. The smallest absolute Gasteiger partial charge is 0.115 e. The van der Waals surface area contributed by atoms with Crippen molar-refractivity contribution in [1.82, 2.24) is 10.6 Å². The minimum atomic E-state index is 0.384. The number of nitrogens with one attached hydrogen (secondary N) is 2. The first-order valence-electron chi connectivity index (χ1n) is 6.11. The third kappa shape index (κ3) is 2.06. The highest BCUT2D eigenvalue weighted by Gasteiger charge is 2.24. The van der Waals surface area contributed by atoms with Crippen LogP contribution in [0.1, 0.15) is 30.0 Å². The third-order valence-corrected chi connectivity index (χ3v) is 3.48. The molecule has 0 amide bonds. The summed E-state index contributed by atoms with van der Waals surface area (Å²) in [5, 5.41) is 16.6. The van der Waals surface area contributed by atoms with E-state index in [0.717, 1.165) is 25.6 Å². The van der Waals surface area contributed by atoms with E-state index in [1.807, 2.05) is 6.07 Å². The Morgan fingerprint density at radius 1 is 1.38 bits per heavy atom. The average Bonchev–Trinajstić information content (AvgIpc) is 3.09. The maximum Gasteiger partial charge on any atom is 0.115 e. The summed E-state index contributed by atoms with van der Waals surface area (Å²) in [6.45, 7) is 2.01. The molecule has 1 aromatic rings. The lowest BCUT2D eigenvalue weighted by molar-refractivity contribution is 0.455. The quantitative estimate of drug-likeness (QED) is 0.717. The highest BCUT2D eigenvalue weighted by molar-refractivity contribution is 5.38. The van der Waals surface area contributed by atoms with Crippen LogP contribution in [0.25, 0.3) is 0 Å². The second-order valence-corrected chi connectivity index (χ2v) is 4.82. The standard InChI is InChI=1S/C13H18N2O/c16-11-3-4-12-9(7-11)5-6-14-13(12)8-15-10-1-2-10/h3-4,7,10,13-16H,1-2,5-6,8H2. The number of phenols is 1. The van der Waals surface area contributed by atoms with E-state index < -0.39 is 0 Å². The number of rotatable bonds is 3. The van der Waals surface area contributed by atoms with Crippen molar-refractivity contribution < 1.29 is 5.11 Å². The zero-order chi connectivity index (χ0) is 11.0. The summed E-state index contributed by atoms with van der Waals surface area (Å²) in [5.74, 6) is 0.384. The summed E-state index contributed by atoms with van der Waals surface area (Å²) in [7, 11) is 0. The Kier molecular flexibility index (Phi) is 2.58. The number of hydrogen-bond acceptors (Lipinski definition) is 3. The van der Waals surface area contributed by atoms with Crippen LogP contribution in [0, 0.1) is 0 Å². The van der Waals surface area contributed by atoms with Gasteiger partial charge in [-0.15, -0.1) is 0 Å². The van der Waals surface area contributed by atoms with Crippen molar-refractivity contribution >= 4 is 0 Å². The molecule has 2 aliphatic rings. The molecule has 0 spiro atoms. The zero-order valence-corrected chi connectivity index (χ0v) is 9.37. The largest absolute Gasteiger partial charge is 0.508 e. The van der Waals surface area contributed by atoms with E-state index >= 15 is 0 Å². The summed E-state index contributed by atoms with van der Waals surface area (Å²) < 4.78 is 0. The Morgan fingerprint density at radius 2 is 2.25 bits per heavy atom. The van der Waals surface area contributed by atoms with E-state index in [9.17, 15) is 5.11 Å². The van der Waals surface area contributed by atoms with Gasteiger partial charge in [0.2, 0.25) is 0 Å². The van der Waals surface area contributed by atoms with E-state index in [1.165, 1.54) is 24.0 Å². The molecule has 1 fully saturated rings. The van der Waals surface area contributed by atoms with Crippen LogP contribution >= 0.6 is 0 Å². The van der Waals surface area contributed by atoms with Gasteiger partial charge in [0, 0.05) is 18.6 Å². The number of hydrogen-bond donors (Lipinski definition) is 3. The van der Waals surface area contributed by atoms with Gasteiger partial charge in [0.1, 0.15) is 5.75 Å². The van der Waals surface area contributed by atoms with Gasteiger partial charge >= 0.3 is 0 Å². The van der Waals surface area contributed by atoms with Gasteiger partial charge in [-0.2, -0.15) is 0 Å².